The van der Waals surface area contributed by atoms with E-state index in [1.54, 1.807) is 0 Å². The van der Waals surface area contributed by atoms with E-state index in [9.17, 15) is 9.59 Å². The average molecular weight is 256 g/mol. The Morgan fingerprint density at radius 1 is 1.39 bits per heavy atom. The van der Waals surface area contributed by atoms with Gasteiger partial charge in [0.15, 0.2) is 0 Å². The third-order valence-electron chi connectivity index (χ3n) is 3.62. The molecule has 0 aliphatic carbocycles. The number of carbonyl (C=O) groups excluding carboxylic acids is 1. The Morgan fingerprint density at radius 3 is 2.50 bits per heavy atom. The number of hydrogen-bond acceptors (Lipinski definition) is 3. The van der Waals surface area contributed by atoms with Crippen molar-refractivity contribution in [3.63, 3.8) is 0 Å². The molecule has 1 aliphatic rings. The van der Waals surface area contributed by atoms with Crippen LogP contribution in [0.25, 0.3) is 0 Å². The number of carboxylic acid groups (broad SMARTS) is 1. The second-order valence-corrected chi connectivity index (χ2v) is 6.11. The van der Waals surface area contributed by atoms with Crippen LogP contribution in [0.15, 0.2) is 0 Å². The molecule has 0 aromatic heterocycles. The van der Waals surface area contributed by atoms with Crippen LogP contribution in [-0.4, -0.2) is 40.5 Å². The van der Waals surface area contributed by atoms with Gasteiger partial charge in [0, 0.05) is 19.0 Å². The van der Waals surface area contributed by atoms with E-state index in [1.165, 1.54) is 4.90 Å². The molecule has 0 bridgehead atoms. The molecular weight excluding hydrogens is 232 g/mol. The highest BCUT2D eigenvalue weighted by Crippen LogP contribution is 2.23. The van der Waals surface area contributed by atoms with Crippen molar-refractivity contribution >= 4 is 11.9 Å². The standard InChI is InChI=1S/C13H24N2O3/c1-13(2,3)10(14)8-11(16)15-7-5-4-6-9(15)12(17)18/h9-10H,4-8,14H2,1-3H3,(H,17,18)/t9-,10?/m0/s1. The van der Waals surface area contributed by atoms with Gasteiger partial charge in [-0.1, -0.05) is 20.8 Å². The fourth-order valence-corrected chi connectivity index (χ4v) is 2.10. The molecule has 0 aromatic rings. The monoisotopic (exact) mass is 256 g/mol. The maximum Gasteiger partial charge on any atom is 0.326 e. The van der Waals surface area contributed by atoms with Crippen LogP contribution < -0.4 is 5.73 Å². The largest absolute Gasteiger partial charge is 0.480 e. The smallest absolute Gasteiger partial charge is 0.326 e. The van der Waals surface area contributed by atoms with Crippen molar-refractivity contribution in [1.29, 1.82) is 0 Å². The Labute approximate surface area is 108 Å². The number of piperidine rings is 1. The molecule has 5 heteroatoms. The zero-order valence-corrected chi connectivity index (χ0v) is 11.5. The molecule has 2 atom stereocenters. The predicted octanol–water partition coefficient (Wildman–Crippen LogP) is 1.22. The molecule has 1 amide bonds. The van der Waals surface area contributed by atoms with Crippen molar-refractivity contribution in [3.05, 3.63) is 0 Å². The summed E-state index contributed by atoms with van der Waals surface area (Å²) in [6.45, 7) is 6.48. The summed E-state index contributed by atoms with van der Waals surface area (Å²) < 4.78 is 0. The lowest BCUT2D eigenvalue weighted by atomic mass is 9.85. The Hall–Kier alpha value is -1.10. The number of nitrogens with zero attached hydrogens (tertiary/aromatic N) is 1. The van der Waals surface area contributed by atoms with Crippen molar-refractivity contribution in [2.24, 2.45) is 11.1 Å². The lowest BCUT2D eigenvalue weighted by Gasteiger charge is -2.35. The van der Waals surface area contributed by atoms with Gasteiger partial charge in [-0.15, -0.1) is 0 Å². The highest BCUT2D eigenvalue weighted by atomic mass is 16.4. The van der Waals surface area contributed by atoms with E-state index in [0.717, 1.165) is 12.8 Å². The van der Waals surface area contributed by atoms with Crippen LogP contribution in [0.4, 0.5) is 0 Å². The Balaban J connectivity index is 2.67. The third-order valence-corrected chi connectivity index (χ3v) is 3.62. The van der Waals surface area contributed by atoms with Gasteiger partial charge in [0.1, 0.15) is 6.04 Å². The SMILES string of the molecule is CC(C)(C)C(N)CC(=O)N1CCCC[C@H]1C(=O)O. The molecule has 0 spiro atoms. The van der Waals surface area contributed by atoms with Crippen LogP contribution in [0, 0.1) is 5.41 Å². The van der Waals surface area contributed by atoms with E-state index in [0.29, 0.717) is 13.0 Å². The number of aliphatic carboxylic acids is 1. The van der Waals surface area contributed by atoms with Gasteiger partial charge in [0.2, 0.25) is 5.91 Å². The minimum Gasteiger partial charge on any atom is -0.480 e. The van der Waals surface area contributed by atoms with Gasteiger partial charge in [-0.2, -0.15) is 0 Å². The highest BCUT2D eigenvalue weighted by Gasteiger charge is 2.33. The number of hydrogen-bond donors (Lipinski definition) is 2. The first-order valence-corrected chi connectivity index (χ1v) is 6.51. The van der Waals surface area contributed by atoms with Gasteiger partial charge in [0.05, 0.1) is 0 Å². The van der Waals surface area contributed by atoms with Crippen molar-refractivity contribution < 1.29 is 14.7 Å². The minimum atomic E-state index is -0.910. The number of nitrogens with two attached hydrogens (primary N) is 1. The Morgan fingerprint density at radius 2 is 2.00 bits per heavy atom. The third kappa shape index (κ3) is 3.70. The molecule has 1 saturated heterocycles. The van der Waals surface area contributed by atoms with Crippen LogP contribution in [0.5, 0.6) is 0 Å². The number of rotatable bonds is 3. The molecule has 1 aliphatic heterocycles. The summed E-state index contributed by atoms with van der Waals surface area (Å²) >= 11 is 0. The summed E-state index contributed by atoms with van der Waals surface area (Å²) in [6, 6.07) is -0.917. The summed E-state index contributed by atoms with van der Waals surface area (Å²) in [5.41, 5.74) is 5.84. The number of carbonyl (C=O) groups is 2. The van der Waals surface area contributed by atoms with Crippen molar-refractivity contribution in [1.82, 2.24) is 4.90 Å². The van der Waals surface area contributed by atoms with Crippen molar-refractivity contribution in [2.45, 2.75) is 58.5 Å². The lowest BCUT2D eigenvalue weighted by molar-refractivity contribution is -0.152. The summed E-state index contributed by atoms with van der Waals surface area (Å²) in [6.07, 6.45) is 2.51. The van der Waals surface area contributed by atoms with Gasteiger partial charge < -0.3 is 15.7 Å². The molecule has 104 valence electrons. The molecule has 3 N–H and O–H groups in total. The maximum atomic E-state index is 12.2. The molecule has 1 rings (SSSR count). The van der Waals surface area contributed by atoms with Crippen LogP contribution in [-0.2, 0) is 9.59 Å². The zero-order chi connectivity index (χ0) is 13.9. The lowest BCUT2D eigenvalue weighted by Crippen LogP contribution is -2.50. The number of carboxylic acids is 1. The maximum absolute atomic E-state index is 12.2. The molecule has 1 fully saturated rings. The van der Waals surface area contributed by atoms with E-state index in [-0.39, 0.29) is 23.8 Å². The van der Waals surface area contributed by atoms with E-state index in [2.05, 4.69) is 0 Å². The highest BCUT2D eigenvalue weighted by molar-refractivity contribution is 5.84. The van der Waals surface area contributed by atoms with Crippen molar-refractivity contribution in [2.75, 3.05) is 6.54 Å². The topological polar surface area (TPSA) is 83.6 Å². The van der Waals surface area contributed by atoms with Gasteiger partial charge >= 0.3 is 5.97 Å². The van der Waals surface area contributed by atoms with Gasteiger partial charge in [0.25, 0.3) is 0 Å². The van der Waals surface area contributed by atoms with E-state index >= 15 is 0 Å². The second-order valence-electron chi connectivity index (χ2n) is 6.11. The molecule has 0 saturated carbocycles. The summed E-state index contributed by atoms with van der Waals surface area (Å²) in [4.78, 5) is 24.8. The average Bonchev–Trinajstić information content (AvgIpc) is 2.27. The van der Waals surface area contributed by atoms with Crippen LogP contribution in [0.1, 0.15) is 46.5 Å². The second kappa shape index (κ2) is 5.69. The quantitative estimate of drug-likeness (QED) is 0.795. The molecule has 5 nitrogen and oxygen atoms in total. The Bertz CT molecular complexity index is 323. The fraction of sp³-hybridized carbons (Fsp3) is 0.846. The first kappa shape index (κ1) is 15.0. The first-order chi connectivity index (χ1) is 8.23. The molecule has 1 unspecified atom stereocenters. The van der Waals surface area contributed by atoms with Crippen molar-refractivity contribution in [3.8, 4) is 0 Å². The number of amides is 1. The summed E-state index contributed by atoms with van der Waals surface area (Å²) in [5, 5.41) is 9.13. The predicted molar refractivity (Wildman–Crippen MR) is 69.0 cm³/mol. The normalized spacial score (nSPS) is 22.7. The molecule has 18 heavy (non-hydrogen) atoms. The molecule has 0 aromatic carbocycles. The van der Waals surface area contributed by atoms with E-state index in [4.69, 9.17) is 10.8 Å². The summed E-state index contributed by atoms with van der Waals surface area (Å²) in [5.74, 6) is -1.04. The molecule has 0 radical (unpaired) electrons. The van der Waals surface area contributed by atoms with Crippen LogP contribution in [0.2, 0.25) is 0 Å². The number of likely N-dealkylation sites (tertiary alicyclic amines) is 1. The first-order valence-electron chi connectivity index (χ1n) is 6.51. The zero-order valence-electron chi connectivity index (χ0n) is 11.5. The van der Waals surface area contributed by atoms with Gasteiger partial charge in [-0.25, -0.2) is 4.79 Å². The minimum absolute atomic E-state index is 0.135. The van der Waals surface area contributed by atoms with E-state index < -0.39 is 12.0 Å². The molecule has 1 heterocycles. The van der Waals surface area contributed by atoms with Gasteiger partial charge in [-0.05, 0) is 24.7 Å². The van der Waals surface area contributed by atoms with Crippen LogP contribution >= 0.6 is 0 Å². The fourth-order valence-electron chi connectivity index (χ4n) is 2.10. The van der Waals surface area contributed by atoms with Crippen LogP contribution in [0.3, 0.4) is 0 Å². The van der Waals surface area contributed by atoms with Gasteiger partial charge in [-0.3, -0.25) is 4.79 Å². The van der Waals surface area contributed by atoms with E-state index in [1.807, 2.05) is 20.8 Å². The Kier molecular flexibility index (Phi) is 4.73. The molecular formula is C13H24N2O3. The summed E-state index contributed by atoms with van der Waals surface area (Å²) in [7, 11) is 0.